The largest absolute Gasteiger partial charge is 0.350 e. The molecule has 0 bridgehead atoms. The van der Waals surface area contributed by atoms with Crippen LogP contribution >= 0.6 is 10.8 Å². The highest BCUT2D eigenvalue weighted by Crippen LogP contribution is 2.13. The summed E-state index contributed by atoms with van der Waals surface area (Å²) in [6.07, 6.45) is 0. The first-order valence-electron chi connectivity index (χ1n) is 1.60. The van der Waals surface area contributed by atoms with Crippen LogP contribution in [0.15, 0.2) is 16.5 Å². The lowest BCUT2D eigenvalue weighted by Gasteiger charge is -1.66. The Labute approximate surface area is 47.3 Å². The van der Waals surface area contributed by atoms with E-state index in [-0.39, 0.29) is 9.72 Å². The zero-order valence-electron chi connectivity index (χ0n) is 3.37. The highest BCUT2D eigenvalue weighted by molar-refractivity contribution is 8.72. The number of nitrogens with zero attached hydrogens (tertiary/aromatic N) is 2. The maximum atomic E-state index is 8.09. The van der Waals surface area contributed by atoms with Crippen molar-refractivity contribution in [3.63, 3.8) is 0 Å². The van der Waals surface area contributed by atoms with Crippen molar-refractivity contribution in [1.82, 2.24) is 4.16 Å². The van der Waals surface area contributed by atoms with Gasteiger partial charge in [0.05, 0.1) is 5.41 Å². The van der Waals surface area contributed by atoms with Crippen molar-refractivity contribution in [3.05, 3.63) is 22.1 Å². The van der Waals surface area contributed by atoms with Crippen LogP contribution in [0.2, 0.25) is 0 Å². The molecule has 0 aromatic rings. The van der Waals surface area contributed by atoms with E-state index < -0.39 is 0 Å². The van der Waals surface area contributed by atoms with Crippen molar-refractivity contribution in [1.29, 1.82) is 0 Å². The van der Waals surface area contributed by atoms with Crippen molar-refractivity contribution in [2.45, 2.75) is 0 Å². The fourth-order valence-electron chi connectivity index (χ4n) is 0.234. The van der Waals surface area contributed by atoms with Gasteiger partial charge >= 0.3 is 0 Å². The zero-order valence-corrected chi connectivity index (χ0v) is 5.00. The van der Waals surface area contributed by atoms with Crippen LogP contribution in [0.4, 0.5) is 0 Å². The van der Waals surface area contributed by atoms with Gasteiger partial charge in [0.1, 0.15) is 0 Å². The minimum Gasteiger partial charge on any atom is -0.350 e. The number of hydrogen-bond acceptors (Lipinski definition) is 1. The lowest BCUT2D eigenvalue weighted by molar-refractivity contribution is 1.72. The van der Waals surface area contributed by atoms with E-state index in [2.05, 4.69) is 9.89 Å². The maximum absolute atomic E-state index is 8.09. The second-order valence-electron chi connectivity index (χ2n) is 0.856. The fraction of sp³-hybridized carbons (Fsp3) is 0. The molecular weight excluding hydrogens is 128 g/mol. The molecule has 1 rings (SSSR count). The molecule has 0 amide bonds. The molecule has 0 N–H and O–H groups in total. The summed E-state index contributed by atoms with van der Waals surface area (Å²) in [6.45, 7) is 0. The van der Waals surface area contributed by atoms with Crippen molar-refractivity contribution in [2.75, 3.05) is 0 Å². The molecule has 7 heavy (non-hydrogen) atoms. The first kappa shape index (κ1) is 4.88. The molecular formula is C3H2N2S2. The molecule has 1 atom stereocenters. The highest BCUT2D eigenvalue weighted by Gasteiger charge is 1.99. The van der Waals surface area contributed by atoms with E-state index in [1.54, 1.807) is 10.8 Å². The first-order chi connectivity index (χ1) is 3.43. The van der Waals surface area contributed by atoms with Gasteiger partial charge in [-0.05, 0) is 0 Å². The Morgan fingerprint density at radius 1 is 1.86 bits per heavy atom. The predicted octanol–water partition coefficient (Wildman–Crippen LogP) is 1.17. The van der Waals surface area contributed by atoms with E-state index in [0.29, 0.717) is 0 Å². The molecule has 1 heterocycles. The van der Waals surface area contributed by atoms with Crippen LogP contribution in [0.5, 0.6) is 0 Å². The van der Waals surface area contributed by atoms with Crippen LogP contribution in [0, 0.1) is 0 Å². The standard InChI is InChI=1S/C3H2N2S2/c4-5-7-3-1-2-6-7/h2-3H. The van der Waals surface area contributed by atoms with Crippen LogP contribution in [-0.2, 0) is 9.72 Å². The second-order valence-corrected chi connectivity index (χ2v) is 3.84. The third-order valence-electron chi connectivity index (χ3n) is 0.464. The summed E-state index contributed by atoms with van der Waals surface area (Å²) in [5.41, 5.74) is 10.9. The van der Waals surface area contributed by atoms with Crippen molar-refractivity contribution in [3.8, 4) is 0 Å². The molecule has 0 aromatic carbocycles. The van der Waals surface area contributed by atoms with Gasteiger partial charge in [0.2, 0.25) is 0 Å². The summed E-state index contributed by atoms with van der Waals surface area (Å²) >= 11 is 0. The molecule has 0 radical (unpaired) electrons. The van der Waals surface area contributed by atoms with Crippen LogP contribution in [0.25, 0.3) is 5.53 Å². The van der Waals surface area contributed by atoms with Gasteiger partial charge in [-0.2, -0.15) is 0 Å². The van der Waals surface area contributed by atoms with Gasteiger partial charge in [0.25, 0.3) is 9.72 Å². The molecule has 4 heteroatoms. The first-order valence-corrected chi connectivity index (χ1v) is 4.24. The SMILES string of the molecule is [N-]=[N+]=S1C=C=CS1. The van der Waals surface area contributed by atoms with Crippen LogP contribution in [0.1, 0.15) is 0 Å². The van der Waals surface area contributed by atoms with Gasteiger partial charge in [-0.3, -0.25) is 0 Å². The minimum absolute atomic E-state index is 0.329. The summed E-state index contributed by atoms with van der Waals surface area (Å²) in [7, 11) is 1.13. The molecule has 36 valence electrons. The van der Waals surface area contributed by atoms with Crippen molar-refractivity contribution < 1.29 is 0 Å². The lowest BCUT2D eigenvalue weighted by atomic mass is 11.0. The Kier molecular flexibility index (Phi) is 1.50. The Morgan fingerprint density at radius 2 is 2.71 bits per heavy atom. The molecule has 0 fully saturated rings. The Morgan fingerprint density at radius 3 is 3.00 bits per heavy atom. The molecule has 0 aliphatic carbocycles. The lowest BCUT2D eigenvalue weighted by Crippen LogP contribution is -1.67. The molecule has 1 unspecified atom stereocenters. The van der Waals surface area contributed by atoms with Gasteiger partial charge in [0, 0.05) is 16.2 Å². The summed E-state index contributed by atoms with van der Waals surface area (Å²) in [5.74, 6) is 0. The Balaban J connectivity index is 2.90. The van der Waals surface area contributed by atoms with Gasteiger partial charge < -0.3 is 5.53 Å². The van der Waals surface area contributed by atoms with E-state index in [9.17, 15) is 0 Å². The highest BCUT2D eigenvalue weighted by atomic mass is 33.1. The number of rotatable bonds is 0. The fourth-order valence-corrected chi connectivity index (χ4v) is 1.78. The van der Waals surface area contributed by atoms with Crippen LogP contribution in [-0.4, -0.2) is 0 Å². The molecule has 0 saturated heterocycles. The third-order valence-corrected chi connectivity index (χ3v) is 2.76. The van der Waals surface area contributed by atoms with E-state index in [4.69, 9.17) is 5.53 Å². The second kappa shape index (κ2) is 2.15. The topological polar surface area (TPSA) is 36.4 Å². The average molecular weight is 130 g/mol. The zero-order chi connectivity index (χ0) is 5.11. The van der Waals surface area contributed by atoms with Crippen LogP contribution in [0.3, 0.4) is 0 Å². The van der Waals surface area contributed by atoms with E-state index in [0.717, 1.165) is 0 Å². The van der Waals surface area contributed by atoms with E-state index in [1.165, 1.54) is 10.8 Å². The summed E-state index contributed by atoms with van der Waals surface area (Å²) in [4.78, 5) is 0. The number of hydrogen-bond donors (Lipinski definition) is 0. The molecule has 0 saturated carbocycles. The van der Waals surface area contributed by atoms with Crippen molar-refractivity contribution >= 4 is 20.5 Å². The van der Waals surface area contributed by atoms with Gasteiger partial charge in [-0.15, -0.1) is 4.16 Å². The maximum Gasteiger partial charge on any atom is 0.256 e. The van der Waals surface area contributed by atoms with Crippen LogP contribution < -0.4 is 4.16 Å². The quantitative estimate of drug-likeness (QED) is 0.210. The predicted molar refractivity (Wildman–Crippen MR) is 33.1 cm³/mol. The molecule has 2 nitrogen and oxygen atoms in total. The summed E-state index contributed by atoms with van der Waals surface area (Å²) in [6, 6.07) is 0. The van der Waals surface area contributed by atoms with E-state index >= 15 is 0 Å². The Bertz CT molecular complexity index is 183. The molecule has 0 spiro atoms. The minimum atomic E-state index is -0.329. The monoisotopic (exact) mass is 130 g/mol. The van der Waals surface area contributed by atoms with Crippen molar-refractivity contribution in [2.24, 2.45) is 0 Å². The average Bonchev–Trinajstić information content (AvgIpc) is 2.14. The van der Waals surface area contributed by atoms with Gasteiger partial charge in [-0.1, -0.05) is 5.73 Å². The normalized spacial score (nSPS) is 25.4. The Hall–Kier alpha value is -0.270. The third kappa shape index (κ3) is 1.05. The van der Waals surface area contributed by atoms with E-state index in [1.807, 2.05) is 0 Å². The van der Waals surface area contributed by atoms with Gasteiger partial charge in [0.15, 0.2) is 0 Å². The molecule has 0 aromatic heterocycles. The summed E-state index contributed by atoms with van der Waals surface area (Å²) in [5, 5.41) is 3.51. The molecule has 1 aliphatic heterocycles. The molecule has 1 aliphatic rings. The van der Waals surface area contributed by atoms with Gasteiger partial charge in [-0.25, -0.2) is 0 Å². The smallest absolute Gasteiger partial charge is 0.256 e. The summed E-state index contributed by atoms with van der Waals surface area (Å²) < 4.78 is 3.03.